The first-order chi connectivity index (χ1) is 8.60. The van der Waals surface area contributed by atoms with Gasteiger partial charge in [-0.25, -0.2) is 9.18 Å². The highest BCUT2D eigenvalue weighted by Crippen LogP contribution is 2.26. The standard InChI is InChI=1S/C13H14FNO3/c1-18-12-7-10(6-11(14)8-12)9-2-4-15(5-3-9)13(16)17/h2,6-8H,3-5H2,1H3,(H,16,17). The van der Waals surface area contributed by atoms with Crippen LogP contribution in [0, 0.1) is 5.82 Å². The average Bonchev–Trinajstić information content (AvgIpc) is 2.38. The predicted molar refractivity (Wildman–Crippen MR) is 65.1 cm³/mol. The Kier molecular flexibility index (Phi) is 3.50. The van der Waals surface area contributed by atoms with Crippen LogP contribution in [0.3, 0.4) is 0 Å². The second kappa shape index (κ2) is 5.08. The number of hydrogen-bond acceptors (Lipinski definition) is 2. The van der Waals surface area contributed by atoms with E-state index in [0.717, 1.165) is 11.1 Å². The largest absolute Gasteiger partial charge is 0.497 e. The summed E-state index contributed by atoms with van der Waals surface area (Å²) in [6.07, 6.45) is 1.47. The van der Waals surface area contributed by atoms with Crippen LogP contribution in [0.15, 0.2) is 24.3 Å². The number of carbonyl (C=O) groups is 1. The highest BCUT2D eigenvalue weighted by Gasteiger charge is 2.17. The molecule has 4 nitrogen and oxygen atoms in total. The molecule has 0 radical (unpaired) electrons. The Labute approximate surface area is 104 Å². The van der Waals surface area contributed by atoms with E-state index >= 15 is 0 Å². The van der Waals surface area contributed by atoms with E-state index < -0.39 is 6.09 Å². The fraction of sp³-hybridized carbons (Fsp3) is 0.308. The molecule has 0 aliphatic carbocycles. The van der Waals surface area contributed by atoms with Crippen molar-refractivity contribution in [3.63, 3.8) is 0 Å². The van der Waals surface area contributed by atoms with E-state index in [4.69, 9.17) is 9.84 Å². The maximum Gasteiger partial charge on any atom is 0.407 e. The van der Waals surface area contributed by atoms with Crippen LogP contribution in [0.1, 0.15) is 12.0 Å². The molecule has 0 saturated carbocycles. The van der Waals surface area contributed by atoms with Crippen molar-refractivity contribution in [3.05, 3.63) is 35.7 Å². The van der Waals surface area contributed by atoms with E-state index in [-0.39, 0.29) is 5.82 Å². The van der Waals surface area contributed by atoms with Crippen LogP contribution in [0.5, 0.6) is 5.75 Å². The van der Waals surface area contributed by atoms with Crippen LogP contribution >= 0.6 is 0 Å². The van der Waals surface area contributed by atoms with Crippen molar-refractivity contribution >= 4 is 11.7 Å². The molecule has 0 unspecified atom stereocenters. The third kappa shape index (κ3) is 2.61. The maximum atomic E-state index is 13.4. The lowest BCUT2D eigenvalue weighted by molar-refractivity contribution is 0.150. The number of amides is 1. The monoisotopic (exact) mass is 251 g/mol. The van der Waals surface area contributed by atoms with Gasteiger partial charge in [-0.05, 0) is 29.7 Å². The highest BCUT2D eigenvalue weighted by atomic mass is 19.1. The van der Waals surface area contributed by atoms with Gasteiger partial charge in [-0.2, -0.15) is 0 Å². The summed E-state index contributed by atoms with van der Waals surface area (Å²) in [7, 11) is 1.49. The molecule has 0 fully saturated rings. The first-order valence-electron chi connectivity index (χ1n) is 5.62. The van der Waals surface area contributed by atoms with E-state index in [1.807, 2.05) is 6.08 Å². The van der Waals surface area contributed by atoms with Gasteiger partial charge in [-0.3, -0.25) is 0 Å². The van der Waals surface area contributed by atoms with Gasteiger partial charge in [-0.1, -0.05) is 6.08 Å². The quantitative estimate of drug-likeness (QED) is 0.879. The fourth-order valence-corrected chi connectivity index (χ4v) is 1.97. The minimum absolute atomic E-state index is 0.337. The van der Waals surface area contributed by atoms with Crippen molar-refractivity contribution in [2.24, 2.45) is 0 Å². The normalized spacial score (nSPS) is 15.2. The third-order valence-electron chi connectivity index (χ3n) is 2.96. The van der Waals surface area contributed by atoms with Crippen molar-refractivity contribution in [1.29, 1.82) is 0 Å². The van der Waals surface area contributed by atoms with Gasteiger partial charge in [0.15, 0.2) is 0 Å². The maximum absolute atomic E-state index is 13.4. The molecule has 5 heteroatoms. The number of carboxylic acid groups (broad SMARTS) is 1. The summed E-state index contributed by atoms with van der Waals surface area (Å²) in [5, 5.41) is 8.84. The summed E-state index contributed by atoms with van der Waals surface area (Å²) in [6.45, 7) is 0.767. The first kappa shape index (κ1) is 12.4. The molecule has 0 bridgehead atoms. The van der Waals surface area contributed by atoms with Gasteiger partial charge in [0, 0.05) is 19.2 Å². The van der Waals surface area contributed by atoms with E-state index in [2.05, 4.69) is 0 Å². The van der Waals surface area contributed by atoms with Gasteiger partial charge >= 0.3 is 6.09 Å². The minimum atomic E-state index is -0.929. The van der Waals surface area contributed by atoms with E-state index in [1.54, 1.807) is 6.07 Å². The number of benzene rings is 1. The van der Waals surface area contributed by atoms with Gasteiger partial charge in [0.1, 0.15) is 11.6 Å². The van der Waals surface area contributed by atoms with Crippen molar-refractivity contribution in [3.8, 4) is 5.75 Å². The molecule has 0 saturated heterocycles. The third-order valence-corrected chi connectivity index (χ3v) is 2.96. The number of nitrogens with zero attached hydrogens (tertiary/aromatic N) is 1. The van der Waals surface area contributed by atoms with Crippen molar-refractivity contribution < 1.29 is 19.0 Å². The van der Waals surface area contributed by atoms with Crippen LogP contribution < -0.4 is 4.74 Å². The molecule has 1 aromatic carbocycles. The Morgan fingerprint density at radius 3 is 2.78 bits per heavy atom. The molecule has 1 aliphatic rings. The van der Waals surface area contributed by atoms with Crippen molar-refractivity contribution in [2.45, 2.75) is 6.42 Å². The second-order valence-electron chi connectivity index (χ2n) is 4.09. The lowest BCUT2D eigenvalue weighted by atomic mass is 9.99. The van der Waals surface area contributed by atoms with Gasteiger partial charge in [-0.15, -0.1) is 0 Å². The molecule has 1 heterocycles. The fourth-order valence-electron chi connectivity index (χ4n) is 1.97. The number of rotatable bonds is 2. The molecule has 0 aromatic heterocycles. The number of hydrogen-bond donors (Lipinski definition) is 1. The Bertz CT molecular complexity index is 499. The molecule has 2 rings (SSSR count). The predicted octanol–water partition coefficient (Wildman–Crippen LogP) is 2.60. The van der Waals surface area contributed by atoms with Crippen LogP contribution in [0.4, 0.5) is 9.18 Å². The molecular weight excluding hydrogens is 237 g/mol. The van der Waals surface area contributed by atoms with Gasteiger partial charge in [0.05, 0.1) is 7.11 Å². The van der Waals surface area contributed by atoms with Gasteiger partial charge < -0.3 is 14.7 Å². The molecule has 96 valence electrons. The van der Waals surface area contributed by atoms with Crippen LogP contribution in [0.25, 0.3) is 5.57 Å². The van der Waals surface area contributed by atoms with Gasteiger partial charge in [0.25, 0.3) is 0 Å². The molecule has 1 aliphatic heterocycles. The summed E-state index contributed by atoms with van der Waals surface area (Å²) in [5.74, 6) is 0.109. The summed E-state index contributed by atoms with van der Waals surface area (Å²) in [4.78, 5) is 12.1. The Balaban J connectivity index is 2.23. The molecule has 1 amide bonds. The van der Waals surface area contributed by atoms with E-state index in [1.165, 1.54) is 24.1 Å². The molecule has 1 aromatic rings. The Morgan fingerprint density at radius 1 is 1.44 bits per heavy atom. The highest BCUT2D eigenvalue weighted by molar-refractivity contribution is 5.71. The summed E-state index contributed by atoms with van der Waals surface area (Å²) in [6, 6.07) is 4.51. The molecular formula is C13H14FNO3. The molecule has 0 spiro atoms. The summed E-state index contributed by atoms with van der Waals surface area (Å²) < 4.78 is 18.4. The van der Waals surface area contributed by atoms with Crippen molar-refractivity contribution in [1.82, 2.24) is 4.90 Å². The lowest BCUT2D eigenvalue weighted by Gasteiger charge is -2.24. The zero-order chi connectivity index (χ0) is 13.1. The topological polar surface area (TPSA) is 49.8 Å². The number of halogens is 1. The molecule has 18 heavy (non-hydrogen) atoms. The lowest BCUT2D eigenvalue weighted by Crippen LogP contribution is -2.33. The summed E-state index contributed by atoms with van der Waals surface area (Å²) in [5.41, 5.74) is 1.70. The number of ether oxygens (including phenoxy) is 1. The molecule has 1 N–H and O–H groups in total. The average molecular weight is 251 g/mol. The zero-order valence-electron chi connectivity index (χ0n) is 10.0. The van der Waals surface area contributed by atoms with Crippen LogP contribution in [-0.4, -0.2) is 36.3 Å². The van der Waals surface area contributed by atoms with Crippen LogP contribution in [-0.2, 0) is 0 Å². The van der Waals surface area contributed by atoms with Gasteiger partial charge in [0.2, 0.25) is 0 Å². The first-order valence-corrected chi connectivity index (χ1v) is 5.62. The van der Waals surface area contributed by atoms with Crippen LogP contribution in [0.2, 0.25) is 0 Å². The van der Waals surface area contributed by atoms with E-state index in [0.29, 0.717) is 25.3 Å². The molecule has 0 atom stereocenters. The number of methoxy groups -OCH3 is 1. The zero-order valence-corrected chi connectivity index (χ0v) is 10.0. The Hall–Kier alpha value is -2.04. The smallest absolute Gasteiger partial charge is 0.407 e. The van der Waals surface area contributed by atoms with Crippen molar-refractivity contribution in [2.75, 3.05) is 20.2 Å². The second-order valence-corrected chi connectivity index (χ2v) is 4.09. The van der Waals surface area contributed by atoms with E-state index in [9.17, 15) is 9.18 Å². The summed E-state index contributed by atoms with van der Waals surface area (Å²) >= 11 is 0. The minimum Gasteiger partial charge on any atom is -0.497 e. The Morgan fingerprint density at radius 2 is 2.22 bits per heavy atom. The SMILES string of the molecule is COc1cc(F)cc(C2=CCN(C(=O)O)CC2)c1.